The van der Waals surface area contributed by atoms with E-state index in [-0.39, 0.29) is 11.3 Å². The summed E-state index contributed by atoms with van der Waals surface area (Å²) in [5.74, 6) is 0.142. The van der Waals surface area contributed by atoms with Crippen LogP contribution in [0.3, 0.4) is 0 Å². The highest BCUT2D eigenvalue weighted by Crippen LogP contribution is 2.34. The first kappa shape index (κ1) is 14.9. The quantitative estimate of drug-likeness (QED) is 0.878. The lowest BCUT2D eigenvalue weighted by molar-refractivity contribution is -0.128. The molecule has 20 heavy (non-hydrogen) atoms. The predicted molar refractivity (Wildman–Crippen MR) is 82.9 cm³/mol. The summed E-state index contributed by atoms with van der Waals surface area (Å²) < 4.78 is 0. The first-order valence-corrected chi connectivity index (χ1v) is 7.21. The molecular formula is C16H25N3O. The largest absolute Gasteiger partial charge is 0.370 e. The van der Waals surface area contributed by atoms with Gasteiger partial charge in [0.2, 0.25) is 5.91 Å². The van der Waals surface area contributed by atoms with Gasteiger partial charge < -0.3 is 15.5 Å². The highest BCUT2D eigenvalue weighted by Gasteiger charge is 2.39. The van der Waals surface area contributed by atoms with E-state index < -0.39 is 0 Å². The van der Waals surface area contributed by atoms with Crippen molar-refractivity contribution in [2.75, 3.05) is 32.1 Å². The molecule has 1 saturated heterocycles. The number of anilines is 1. The molecule has 1 aromatic rings. The first-order valence-electron chi connectivity index (χ1n) is 7.21. The zero-order valence-corrected chi connectivity index (χ0v) is 12.9. The Morgan fingerprint density at radius 1 is 1.40 bits per heavy atom. The lowest BCUT2D eigenvalue weighted by atomic mass is 9.89. The van der Waals surface area contributed by atoms with Crippen LogP contribution in [0, 0.1) is 12.3 Å². The zero-order valence-electron chi connectivity index (χ0n) is 12.9. The van der Waals surface area contributed by atoms with E-state index in [2.05, 4.69) is 40.7 Å². The summed E-state index contributed by atoms with van der Waals surface area (Å²) in [6.07, 6.45) is 0.907. The topological polar surface area (TPSA) is 44.4 Å². The average molecular weight is 275 g/mol. The van der Waals surface area contributed by atoms with Gasteiger partial charge >= 0.3 is 0 Å². The van der Waals surface area contributed by atoms with Crippen molar-refractivity contribution in [1.82, 2.24) is 10.6 Å². The second-order valence-electron chi connectivity index (χ2n) is 5.95. The lowest BCUT2D eigenvalue weighted by Gasteiger charge is -2.24. The van der Waals surface area contributed by atoms with Gasteiger partial charge in [-0.1, -0.05) is 6.07 Å². The van der Waals surface area contributed by atoms with Gasteiger partial charge in [-0.05, 0) is 50.6 Å². The fourth-order valence-electron chi connectivity index (χ4n) is 2.93. The summed E-state index contributed by atoms with van der Waals surface area (Å²) in [4.78, 5) is 14.3. The maximum Gasteiger partial charge on any atom is 0.227 e. The van der Waals surface area contributed by atoms with Gasteiger partial charge in [0.05, 0.1) is 5.41 Å². The van der Waals surface area contributed by atoms with Crippen molar-refractivity contribution in [2.24, 2.45) is 5.41 Å². The van der Waals surface area contributed by atoms with Gasteiger partial charge in [0.25, 0.3) is 0 Å². The average Bonchev–Trinajstić information content (AvgIpc) is 2.84. The second-order valence-corrected chi connectivity index (χ2v) is 5.95. The van der Waals surface area contributed by atoms with Crippen molar-refractivity contribution < 1.29 is 4.79 Å². The highest BCUT2D eigenvalue weighted by atomic mass is 16.2. The second kappa shape index (κ2) is 5.83. The number of carbonyl (C=O) groups excluding carboxylic acids is 1. The number of rotatable bonds is 4. The van der Waals surface area contributed by atoms with Gasteiger partial charge in [0.1, 0.15) is 0 Å². The molecule has 2 rings (SSSR count). The molecule has 2 N–H and O–H groups in total. The van der Waals surface area contributed by atoms with Gasteiger partial charge in [-0.15, -0.1) is 0 Å². The Kier molecular flexibility index (Phi) is 4.33. The molecule has 4 nitrogen and oxygen atoms in total. The molecule has 0 spiro atoms. The Hall–Kier alpha value is -1.55. The number of benzene rings is 1. The number of hydrogen-bond donors (Lipinski definition) is 2. The van der Waals surface area contributed by atoms with Crippen LogP contribution < -0.4 is 15.5 Å². The molecule has 4 heteroatoms. The molecule has 1 unspecified atom stereocenters. The molecule has 0 bridgehead atoms. The van der Waals surface area contributed by atoms with Crippen molar-refractivity contribution in [3.05, 3.63) is 29.3 Å². The number of hydrogen-bond acceptors (Lipinski definition) is 3. The third-order valence-corrected chi connectivity index (χ3v) is 4.31. The van der Waals surface area contributed by atoms with Crippen LogP contribution >= 0.6 is 0 Å². The van der Waals surface area contributed by atoms with Gasteiger partial charge in [-0.2, -0.15) is 0 Å². The van der Waals surface area contributed by atoms with Crippen LogP contribution in [-0.4, -0.2) is 33.1 Å². The molecule has 1 atom stereocenters. The van der Waals surface area contributed by atoms with Gasteiger partial charge in [0, 0.05) is 32.4 Å². The SMILES string of the molecule is CNCc1ccc(N2CCC(C)(C(=O)NC)C2)cc1C. The van der Waals surface area contributed by atoms with Crippen LogP contribution in [-0.2, 0) is 11.3 Å². The van der Waals surface area contributed by atoms with Crippen molar-refractivity contribution in [3.8, 4) is 0 Å². The molecule has 1 aliphatic rings. The molecule has 1 aliphatic heterocycles. The first-order chi connectivity index (χ1) is 9.50. The standard InChI is InChI=1S/C16H25N3O/c1-12-9-14(6-5-13(12)10-17-3)19-8-7-16(2,11-19)15(20)18-4/h5-6,9,17H,7-8,10-11H2,1-4H3,(H,18,20). The summed E-state index contributed by atoms with van der Waals surface area (Å²) in [6.45, 7) is 6.81. The van der Waals surface area contributed by atoms with Crippen LogP contribution in [0.4, 0.5) is 5.69 Å². The molecular weight excluding hydrogens is 250 g/mol. The van der Waals surface area contributed by atoms with Crippen LogP contribution in [0.2, 0.25) is 0 Å². The predicted octanol–water partition coefficient (Wildman–Crippen LogP) is 1.68. The van der Waals surface area contributed by atoms with Crippen molar-refractivity contribution >= 4 is 11.6 Å². The Morgan fingerprint density at radius 2 is 2.15 bits per heavy atom. The van der Waals surface area contributed by atoms with Crippen LogP contribution in [0.25, 0.3) is 0 Å². The van der Waals surface area contributed by atoms with Crippen LogP contribution in [0.5, 0.6) is 0 Å². The number of amides is 1. The van der Waals surface area contributed by atoms with E-state index in [9.17, 15) is 4.79 Å². The van der Waals surface area contributed by atoms with Crippen molar-refractivity contribution in [3.63, 3.8) is 0 Å². The minimum absolute atomic E-state index is 0.142. The monoisotopic (exact) mass is 275 g/mol. The minimum atomic E-state index is -0.272. The number of aryl methyl sites for hydroxylation is 1. The fourth-order valence-corrected chi connectivity index (χ4v) is 2.93. The molecule has 0 aliphatic carbocycles. The van der Waals surface area contributed by atoms with Gasteiger partial charge in [-0.25, -0.2) is 0 Å². The smallest absolute Gasteiger partial charge is 0.227 e. The van der Waals surface area contributed by atoms with Gasteiger partial charge in [-0.3, -0.25) is 4.79 Å². The van der Waals surface area contributed by atoms with E-state index in [4.69, 9.17) is 0 Å². The fraction of sp³-hybridized carbons (Fsp3) is 0.562. The van der Waals surface area contributed by atoms with Crippen LogP contribution in [0.1, 0.15) is 24.5 Å². The van der Waals surface area contributed by atoms with E-state index in [0.717, 1.165) is 26.1 Å². The van der Waals surface area contributed by atoms with E-state index in [1.54, 1.807) is 7.05 Å². The number of nitrogens with zero attached hydrogens (tertiary/aromatic N) is 1. The summed E-state index contributed by atoms with van der Waals surface area (Å²) in [5, 5.41) is 5.97. The molecule has 1 aromatic carbocycles. The summed E-state index contributed by atoms with van der Waals surface area (Å²) in [7, 11) is 3.68. The molecule has 110 valence electrons. The van der Waals surface area contributed by atoms with Gasteiger partial charge in [0.15, 0.2) is 0 Å². The molecule has 0 saturated carbocycles. The van der Waals surface area contributed by atoms with E-state index in [1.807, 2.05) is 14.0 Å². The summed E-state index contributed by atoms with van der Waals surface area (Å²) >= 11 is 0. The zero-order chi connectivity index (χ0) is 14.8. The van der Waals surface area contributed by atoms with E-state index in [1.165, 1.54) is 16.8 Å². The number of nitrogens with one attached hydrogen (secondary N) is 2. The van der Waals surface area contributed by atoms with Crippen molar-refractivity contribution in [2.45, 2.75) is 26.8 Å². The molecule has 1 amide bonds. The molecule has 0 radical (unpaired) electrons. The highest BCUT2D eigenvalue weighted by molar-refractivity contribution is 5.83. The summed E-state index contributed by atoms with van der Waals surface area (Å²) in [6, 6.07) is 6.56. The maximum absolute atomic E-state index is 12.0. The van der Waals surface area contributed by atoms with Crippen LogP contribution in [0.15, 0.2) is 18.2 Å². The Bertz CT molecular complexity index is 500. The number of carbonyl (C=O) groups is 1. The summed E-state index contributed by atoms with van der Waals surface area (Å²) in [5.41, 5.74) is 3.57. The Labute approximate surface area is 121 Å². The third kappa shape index (κ3) is 2.80. The Morgan fingerprint density at radius 3 is 2.75 bits per heavy atom. The normalized spacial score (nSPS) is 22.1. The lowest BCUT2D eigenvalue weighted by Crippen LogP contribution is -2.39. The van der Waals surface area contributed by atoms with E-state index >= 15 is 0 Å². The van der Waals surface area contributed by atoms with E-state index in [0.29, 0.717) is 0 Å². The minimum Gasteiger partial charge on any atom is -0.370 e. The maximum atomic E-state index is 12.0. The van der Waals surface area contributed by atoms with Crippen molar-refractivity contribution in [1.29, 1.82) is 0 Å². The molecule has 1 fully saturated rings. The Balaban J connectivity index is 2.14. The third-order valence-electron chi connectivity index (χ3n) is 4.31. The molecule has 1 heterocycles. The molecule has 0 aromatic heterocycles.